The second-order valence-electron chi connectivity index (χ2n) is 7.43. The lowest BCUT2D eigenvalue weighted by Gasteiger charge is -2.12. The number of halogens is 2. The van der Waals surface area contributed by atoms with Crippen LogP contribution in [-0.4, -0.2) is 23.9 Å². The fourth-order valence-electron chi connectivity index (χ4n) is 3.08. The molecular formula is C23H31F2N3O2. The number of carbonyl (C=O) groups is 1. The van der Waals surface area contributed by atoms with Gasteiger partial charge in [0.15, 0.2) is 0 Å². The summed E-state index contributed by atoms with van der Waals surface area (Å²) >= 11 is 0. The zero-order chi connectivity index (χ0) is 21.8. The first-order chi connectivity index (χ1) is 14.5. The minimum atomic E-state index is -1.34. The molecule has 5 N–H and O–H groups in total. The van der Waals surface area contributed by atoms with Crippen LogP contribution in [0.2, 0.25) is 0 Å². The lowest BCUT2D eigenvalue weighted by Crippen LogP contribution is -2.12. The summed E-state index contributed by atoms with van der Waals surface area (Å²) in [4.78, 5) is 12.1. The average molecular weight is 420 g/mol. The van der Waals surface area contributed by atoms with E-state index in [1.165, 1.54) is 0 Å². The van der Waals surface area contributed by atoms with Gasteiger partial charge in [0.1, 0.15) is 18.6 Å². The third-order valence-corrected chi connectivity index (χ3v) is 4.85. The molecule has 5 nitrogen and oxygen atoms in total. The highest BCUT2D eigenvalue weighted by Crippen LogP contribution is 2.24. The Morgan fingerprint density at radius 2 is 1.73 bits per heavy atom. The van der Waals surface area contributed by atoms with Crippen LogP contribution in [-0.2, 0) is 11.3 Å². The Bertz CT molecular complexity index is 785. The van der Waals surface area contributed by atoms with Gasteiger partial charge in [0.2, 0.25) is 5.91 Å². The maximum absolute atomic E-state index is 12.8. The molecular weight excluding hydrogens is 388 g/mol. The van der Waals surface area contributed by atoms with E-state index >= 15 is 0 Å². The number of nitrogens with one attached hydrogen (secondary N) is 2. The van der Waals surface area contributed by atoms with Crippen LogP contribution in [0.5, 0.6) is 5.75 Å². The Labute approximate surface area is 176 Å². The van der Waals surface area contributed by atoms with Crippen LogP contribution in [0.1, 0.15) is 50.5 Å². The number of phenolic OH excluding ortho intramolecular Hbond substituents is 1. The maximum atomic E-state index is 12.8. The number of carbonyl (C=O) groups excluding carboxylic acids is 1. The smallest absolute Gasteiger partial charge is 0.224 e. The molecule has 0 radical (unpaired) electrons. The molecule has 0 aliphatic rings. The Kier molecular flexibility index (Phi) is 9.91. The maximum Gasteiger partial charge on any atom is 0.224 e. The molecule has 2 rings (SSSR count). The van der Waals surface area contributed by atoms with Crippen molar-refractivity contribution in [1.29, 1.82) is 0 Å². The van der Waals surface area contributed by atoms with E-state index in [9.17, 15) is 18.7 Å². The summed E-state index contributed by atoms with van der Waals surface area (Å²) < 4.78 is 24.8. The van der Waals surface area contributed by atoms with Crippen molar-refractivity contribution in [2.75, 3.05) is 23.0 Å². The minimum absolute atomic E-state index is 0.0900. The van der Waals surface area contributed by atoms with Crippen LogP contribution < -0.4 is 16.4 Å². The number of hydrogen-bond acceptors (Lipinski definition) is 4. The van der Waals surface area contributed by atoms with Crippen molar-refractivity contribution in [3.8, 4) is 5.75 Å². The van der Waals surface area contributed by atoms with E-state index in [1.54, 1.807) is 24.3 Å². The number of nitrogens with two attached hydrogens (primary N) is 1. The average Bonchev–Trinajstić information content (AvgIpc) is 2.74. The fourth-order valence-corrected chi connectivity index (χ4v) is 3.08. The van der Waals surface area contributed by atoms with E-state index in [0.717, 1.165) is 36.9 Å². The number of unbranched alkanes of at least 4 members (excludes halogenated alkanes) is 4. The fraction of sp³-hybridized carbons (Fsp3) is 0.435. The summed E-state index contributed by atoms with van der Waals surface area (Å²) in [6, 6.07) is 12.3. The summed E-state index contributed by atoms with van der Waals surface area (Å²) in [5, 5.41) is 15.4. The molecule has 1 atom stereocenters. The summed E-state index contributed by atoms with van der Waals surface area (Å²) in [6.45, 7) is -0.316. The lowest BCUT2D eigenvalue weighted by molar-refractivity contribution is -0.116. The molecule has 7 heteroatoms. The predicted molar refractivity (Wildman–Crippen MR) is 118 cm³/mol. The highest BCUT2D eigenvalue weighted by atomic mass is 19.2. The molecule has 0 bridgehead atoms. The summed E-state index contributed by atoms with van der Waals surface area (Å²) in [6.07, 6.45) is 3.42. The second-order valence-corrected chi connectivity index (χ2v) is 7.43. The van der Waals surface area contributed by atoms with Crippen LogP contribution in [0, 0.1) is 0 Å². The third-order valence-electron chi connectivity index (χ3n) is 4.85. The van der Waals surface area contributed by atoms with Crippen molar-refractivity contribution >= 4 is 23.0 Å². The van der Waals surface area contributed by atoms with Crippen molar-refractivity contribution in [1.82, 2.24) is 0 Å². The number of hydrogen-bond donors (Lipinski definition) is 4. The van der Waals surface area contributed by atoms with Crippen molar-refractivity contribution in [3.63, 3.8) is 0 Å². The molecule has 164 valence electrons. The van der Waals surface area contributed by atoms with Crippen molar-refractivity contribution in [2.24, 2.45) is 0 Å². The van der Waals surface area contributed by atoms with E-state index in [1.807, 2.05) is 18.2 Å². The normalized spacial score (nSPS) is 11.8. The minimum Gasteiger partial charge on any atom is -0.508 e. The number of anilines is 3. The van der Waals surface area contributed by atoms with E-state index in [2.05, 4.69) is 10.6 Å². The van der Waals surface area contributed by atoms with E-state index in [0.29, 0.717) is 30.8 Å². The van der Waals surface area contributed by atoms with Gasteiger partial charge in [-0.25, -0.2) is 8.78 Å². The molecule has 0 saturated carbocycles. The number of benzene rings is 2. The lowest BCUT2D eigenvalue weighted by atomic mass is 10.1. The number of alkyl halides is 2. The van der Waals surface area contributed by atoms with Crippen molar-refractivity contribution in [2.45, 2.75) is 57.7 Å². The van der Waals surface area contributed by atoms with Gasteiger partial charge in [-0.05, 0) is 48.7 Å². The third kappa shape index (κ3) is 8.68. The number of aromatic hydroxyl groups is 1. The number of amides is 1. The van der Waals surface area contributed by atoms with Gasteiger partial charge >= 0.3 is 0 Å². The Morgan fingerprint density at radius 3 is 2.43 bits per heavy atom. The summed E-state index contributed by atoms with van der Waals surface area (Å²) in [5.41, 5.74) is 8.98. The first-order valence-corrected chi connectivity index (χ1v) is 10.4. The predicted octanol–water partition coefficient (Wildman–Crippen LogP) is 5.56. The Balaban J connectivity index is 1.67. The van der Waals surface area contributed by atoms with Gasteiger partial charge in [-0.2, -0.15) is 0 Å². The SMILES string of the molecule is Nc1cc(NCc2ccc(O)cc2)ccc1NC(=O)CCCCCCCC(F)CF. The van der Waals surface area contributed by atoms with E-state index in [4.69, 9.17) is 5.73 Å². The van der Waals surface area contributed by atoms with Crippen LogP contribution in [0.3, 0.4) is 0 Å². The van der Waals surface area contributed by atoms with E-state index < -0.39 is 12.8 Å². The molecule has 0 aliphatic carbocycles. The van der Waals surface area contributed by atoms with Gasteiger partial charge in [0.25, 0.3) is 0 Å². The quantitative estimate of drug-likeness (QED) is 0.253. The largest absolute Gasteiger partial charge is 0.508 e. The van der Waals surface area contributed by atoms with Gasteiger partial charge in [-0.1, -0.05) is 37.8 Å². The molecule has 0 saturated heterocycles. The van der Waals surface area contributed by atoms with Crippen molar-refractivity contribution in [3.05, 3.63) is 48.0 Å². The molecule has 0 fully saturated rings. The second kappa shape index (κ2) is 12.7. The van der Waals surface area contributed by atoms with Gasteiger partial charge in [0.05, 0.1) is 11.4 Å². The van der Waals surface area contributed by atoms with E-state index in [-0.39, 0.29) is 18.1 Å². The van der Waals surface area contributed by atoms with Gasteiger partial charge in [-0.3, -0.25) is 4.79 Å². The van der Waals surface area contributed by atoms with Gasteiger partial charge in [0, 0.05) is 18.7 Å². The van der Waals surface area contributed by atoms with Crippen LogP contribution >= 0.6 is 0 Å². The Morgan fingerprint density at radius 1 is 1.03 bits per heavy atom. The highest BCUT2D eigenvalue weighted by Gasteiger charge is 2.07. The van der Waals surface area contributed by atoms with Crippen LogP contribution in [0.4, 0.5) is 25.8 Å². The first kappa shape index (κ1) is 23.4. The number of rotatable bonds is 13. The number of phenols is 1. The molecule has 2 aromatic carbocycles. The monoisotopic (exact) mass is 419 g/mol. The molecule has 0 heterocycles. The van der Waals surface area contributed by atoms with Crippen LogP contribution in [0.25, 0.3) is 0 Å². The molecule has 1 amide bonds. The zero-order valence-corrected chi connectivity index (χ0v) is 17.2. The standard InChI is InChI=1S/C23H31F2N3O2/c24-15-18(25)6-4-2-1-3-5-7-23(30)28-22-13-10-19(14-21(22)26)27-16-17-8-11-20(29)12-9-17/h8-14,18,27,29H,1-7,15-16,26H2,(H,28,30). The Hall–Kier alpha value is -2.83. The van der Waals surface area contributed by atoms with Crippen LogP contribution in [0.15, 0.2) is 42.5 Å². The molecule has 0 aromatic heterocycles. The van der Waals surface area contributed by atoms with Gasteiger partial charge in [-0.15, -0.1) is 0 Å². The van der Waals surface area contributed by atoms with Crippen molar-refractivity contribution < 1.29 is 18.7 Å². The topological polar surface area (TPSA) is 87.4 Å². The zero-order valence-electron chi connectivity index (χ0n) is 17.2. The molecule has 0 aliphatic heterocycles. The molecule has 30 heavy (non-hydrogen) atoms. The molecule has 1 unspecified atom stereocenters. The first-order valence-electron chi connectivity index (χ1n) is 10.4. The molecule has 2 aromatic rings. The summed E-state index contributed by atoms with van der Waals surface area (Å²) in [7, 11) is 0. The van der Waals surface area contributed by atoms with Gasteiger partial charge < -0.3 is 21.5 Å². The highest BCUT2D eigenvalue weighted by molar-refractivity contribution is 5.94. The number of nitrogen functional groups attached to an aromatic ring is 1. The summed E-state index contributed by atoms with van der Waals surface area (Å²) in [5.74, 6) is 0.138. The molecule has 0 spiro atoms.